The van der Waals surface area contributed by atoms with Crippen molar-refractivity contribution in [2.24, 2.45) is 0 Å². The molecule has 4 heteroatoms. The molecule has 0 aliphatic rings. The summed E-state index contributed by atoms with van der Waals surface area (Å²) >= 11 is 0. The van der Waals surface area contributed by atoms with Crippen molar-refractivity contribution in [1.29, 1.82) is 0 Å². The van der Waals surface area contributed by atoms with Gasteiger partial charge in [0.25, 0.3) is 5.56 Å². The summed E-state index contributed by atoms with van der Waals surface area (Å²) in [5.41, 5.74) is 4.52. The third kappa shape index (κ3) is 3.52. The number of fused-ring (bicyclic) bond motifs is 1. The van der Waals surface area contributed by atoms with E-state index in [4.69, 9.17) is 0 Å². The summed E-state index contributed by atoms with van der Waals surface area (Å²) in [5.74, 6) is -0.158. The van der Waals surface area contributed by atoms with Crippen LogP contribution in [0.25, 0.3) is 10.9 Å². The fourth-order valence-electron chi connectivity index (χ4n) is 3.70. The lowest BCUT2D eigenvalue weighted by Gasteiger charge is -2.22. The number of carbonyl (C=O) groups excluding carboxylic acids is 1. The highest BCUT2D eigenvalue weighted by molar-refractivity contribution is 5.96. The minimum atomic E-state index is -0.563. The van der Waals surface area contributed by atoms with Crippen LogP contribution in [0.3, 0.4) is 0 Å². The molecular weight excluding hydrogens is 336 g/mol. The maximum absolute atomic E-state index is 13.1. The lowest BCUT2D eigenvalue weighted by atomic mass is 10.0. The summed E-state index contributed by atoms with van der Waals surface area (Å²) in [6.45, 7) is 7.91. The van der Waals surface area contributed by atoms with Crippen LogP contribution in [0.5, 0.6) is 0 Å². The van der Waals surface area contributed by atoms with Gasteiger partial charge < -0.3 is 5.32 Å². The summed E-state index contributed by atoms with van der Waals surface area (Å²) in [6, 6.07) is 14.8. The predicted octanol–water partition coefficient (Wildman–Crippen LogP) is 4.77. The lowest BCUT2D eigenvalue weighted by molar-refractivity contribution is -0.119. The van der Waals surface area contributed by atoms with E-state index < -0.39 is 6.04 Å². The zero-order valence-corrected chi connectivity index (χ0v) is 16.4. The Morgan fingerprint density at radius 1 is 1.04 bits per heavy atom. The van der Waals surface area contributed by atoms with E-state index in [0.29, 0.717) is 6.42 Å². The zero-order chi connectivity index (χ0) is 19.6. The smallest absolute Gasteiger partial charge is 0.252 e. The third-order valence-electron chi connectivity index (χ3n) is 5.14. The molecule has 0 saturated carbocycles. The van der Waals surface area contributed by atoms with Crippen molar-refractivity contribution < 1.29 is 4.79 Å². The van der Waals surface area contributed by atoms with Crippen LogP contribution in [0.2, 0.25) is 0 Å². The van der Waals surface area contributed by atoms with Crippen molar-refractivity contribution in [3.8, 4) is 0 Å². The Morgan fingerprint density at radius 3 is 2.48 bits per heavy atom. The molecule has 1 aromatic heterocycles. The van der Waals surface area contributed by atoms with Crippen LogP contribution >= 0.6 is 0 Å². The lowest BCUT2D eigenvalue weighted by Crippen LogP contribution is -2.33. The quantitative estimate of drug-likeness (QED) is 0.711. The van der Waals surface area contributed by atoms with E-state index in [0.717, 1.165) is 39.7 Å². The van der Waals surface area contributed by atoms with Gasteiger partial charge in [0, 0.05) is 17.1 Å². The number of hydrogen-bond donors (Lipinski definition) is 1. The van der Waals surface area contributed by atoms with E-state index in [1.807, 2.05) is 63.2 Å². The molecule has 0 radical (unpaired) electrons. The number of amides is 1. The van der Waals surface area contributed by atoms with Crippen molar-refractivity contribution in [2.75, 3.05) is 5.32 Å². The normalized spacial score (nSPS) is 12.1. The molecule has 1 heterocycles. The standard InChI is InChI=1S/C23H26N2O2/c1-5-17-11-7-8-13-19(17)24-23(27)20(6-2)25-21(26)14-16(4)18-12-9-10-15(3)22(18)25/h7-14,20H,5-6H2,1-4H3,(H,24,27). The number of pyridine rings is 1. The molecule has 0 spiro atoms. The van der Waals surface area contributed by atoms with E-state index in [9.17, 15) is 9.59 Å². The molecule has 0 fully saturated rings. The molecule has 1 unspecified atom stereocenters. The van der Waals surface area contributed by atoms with Gasteiger partial charge in [-0.25, -0.2) is 0 Å². The summed E-state index contributed by atoms with van der Waals surface area (Å²) in [4.78, 5) is 26.0. The molecule has 27 heavy (non-hydrogen) atoms. The summed E-state index contributed by atoms with van der Waals surface area (Å²) in [7, 11) is 0. The molecule has 4 nitrogen and oxygen atoms in total. The summed E-state index contributed by atoms with van der Waals surface area (Å²) in [6.07, 6.45) is 1.37. The Bertz CT molecular complexity index is 1050. The van der Waals surface area contributed by atoms with Crippen LogP contribution in [-0.2, 0) is 11.2 Å². The first-order valence-electron chi connectivity index (χ1n) is 9.48. The molecule has 0 saturated heterocycles. The molecule has 140 valence electrons. The second-order valence-electron chi connectivity index (χ2n) is 6.93. The van der Waals surface area contributed by atoms with Gasteiger partial charge >= 0.3 is 0 Å². The number of hydrogen-bond acceptors (Lipinski definition) is 2. The number of para-hydroxylation sites is 2. The maximum atomic E-state index is 13.1. The Kier molecular flexibility index (Phi) is 5.45. The Morgan fingerprint density at radius 2 is 1.78 bits per heavy atom. The van der Waals surface area contributed by atoms with Gasteiger partial charge in [0.05, 0.1) is 5.52 Å². The van der Waals surface area contributed by atoms with E-state index in [2.05, 4.69) is 12.2 Å². The van der Waals surface area contributed by atoms with Gasteiger partial charge in [0.1, 0.15) is 6.04 Å². The molecule has 1 amide bonds. The predicted molar refractivity (Wildman–Crippen MR) is 111 cm³/mol. The van der Waals surface area contributed by atoms with Gasteiger partial charge in [0.15, 0.2) is 0 Å². The van der Waals surface area contributed by atoms with Gasteiger partial charge in [-0.2, -0.15) is 0 Å². The van der Waals surface area contributed by atoms with Crippen LogP contribution in [-0.4, -0.2) is 10.5 Å². The van der Waals surface area contributed by atoms with Crippen molar-refractivity contribution in [3.05, 3.63) is 75.6 Å². The van der Waals surface area contributed by atoms with Crippen LogP contribution in [0.15, 0.2) is 53.3 Å². The Hall–Kier alpha value is -2.88. The number of carbonyl (C=O) groups is 1. The molecule has 3 aromatic rings. The van der Waals surface area contributed by atoms with E-state index in [-0.39, 0.29) is 11.5 Å². The minimum Gasteiger partial charge on any atom is -0.324 e. The van der Waals surface area contributed by atoms with Gasteiger partial charge in [-0.1, -0.05) is 50.2 Å². The molecule has 1 atom stereocenters. The van der Waals surface area contributed by atoms with E-state index >= 15 is 0 Å². The largest absolute Gasteiger partial charge is 0.324 e. The molecule has 1 N–H and O–H groups in total. The maximum Gasteiger partial charge on any atom is 0.252 e. The average Bonchev–Trinajstić information content (AvgIpc) is 2.65. The van der Waals surface area contributed by atoms with E-state index in [1.54, 1.807) is 10.6 Å². The monoisotopic (exact) mass is 362 g/mol. The number of aromatic nitrogens is 1. The first-order chi connectivity index (χ1) is 13.0. The van der Waals surface area contributed by atoms with Crippen LogP contribution < -0.4 is 10.9 Å². The molecular formula is C23H26N2O2. The Labute approximate surface area is 159 Å². The van der Waals surface area contributed by atoms with Gasteiger partial charge in [0.2, 0.25) is 5.91 Å². The summed E-state index contributed by atoms with van der Waals surface area (Å²) in [5, 5.41) is 4.05. The fraction of sp³-hybridized carbons (Fsp3) is 0.304. The summed E-state index contributed by atoms with van der Waals surface area (Å²) < 4.78 is 1.65. The molecule has 2 aromatic carbocycles. The highest BCUT2D eigenvalue weighted by Gasteiger charge is 2.23. The number of rotatable bonds is 5. The third-order valence-corrected chi connectivity index (χ3v) is 5.14. The number of benzene rings is 2. The van der Waals surface area contributed by atoms with Crippen LogP contribution in [0, 0.1) is 13.8 Å². The van der Waals surface area contributed by atoms with Gasteiger partial charge in [-0.3, -0.25) is 14.2 Å². The van der Waals surface area contributed by atoms with Crippen molar-refractivity contribution in [2.45, 2.75) is 46.6 Å². The highest BCUT2D eigenvalue weighted by atomic mass is 16.2. The molecule has 0 aliphatic heterocycles. The molecule has 0 aliphatic carbocycles. The number of anilines is 1. The van der Waals surface area contributed by atoms with Gasteiger partial charge in [-0.05, 0) is 49.4 Å². The first kappa shape index (κ1) is 18.9. The number of nitrogens with zero attached hydrogens (tertiary/aromatic N) is 1. The topological polar surface area (TPSA) is 51.1 Å². The van der Waals surface area contributed by atoms with Gasteiger partial charge in [-0.15, -0.1) is 0 Å². The first-order valence-corrected chi connectivity index (χ1v) is 9.48. The second-order valence-corrected chi connectivity index (χ2v) is 6.93. The van der Waals surface area contributed by atoms with Crippen molar-refractivity contribution in [3.63, 3.8) is 0 Å². The second kappa shape index (κ2) is 7.78. The molecule has 0 bridgehead atoms. The zero-order valence-electron chi connectivity index (χ0n) is 16.4. The SMILES string of the molecule is CCc1ccccc1NC(=O)C(CC)n1c(=O)cc(C)c2cccc(C)c21. The molecule has 3 rings (SSSR count). The number of aryl methyl sites for hydroxylation is 3. The van der Waals surface area contributed by atoms with Crippen LogP contribution in [0.1, 0.15) is 43.0 Å². The van der Waals surface area contributed by atoms with Crippen LogP contribution in [0.4, 0.5) is 5.69 Å². The van der Waals surface area contributed by atoms with Crippen molar-refractivity contribution >= 4 is 22.5 Å². The highest BCUT2D eigenvalue weighted by Crippen LogP contribution is 2.25. The minimum absolute atomic E-state index is 0.139. The number of nitrogens with one attached hydrogen (secondary N) is 1. The fourth-order valence-corrected chi connectivity index (χ4v) is 3.70. The average molecular weight is 362 g/mol. The van der Waals surface area contributed by atoms with E-state index in [1.165, 1.54) is 0 Å². The Balaban J connectivity index is 2.11. The van der Waals surface area contributed by atoms with Crippen molar-refractivity contribution in [1.82, 2.24) is 4.57 Å².